The fourth-order valence-corrected chi connectivity index (χ4v) is 1.73. The molecule has 0 saturated carbocycles. The number of carbonyl (C=O) groups excluding carboxylic acids is 1. The highest BCUT2D eigenvalue weighted by Gasteiger charge is 2.13. The maximum atomic E-state index is 12.1. The first-order valence-electron chi connectivity index (χ1n) is 5.85. The van der Waals surface area contributed by atoms with Gasteiger partial charge in [0, 0.05) is 23.0 Å². The normalized spacial score (nSPS) is 11.9. The molecule has 0 aliphatic rings. The molecule has 5 N–H and O–H groups in total. The van der Waals surface area contributed by atoms with Crippen molar-refractivity contribution in [3.05, 3.63) is 41.3 Å². The highest BCUT2D eigenvalue weighted by Crippen LogP contribution is 2.13. The number of nitrogens with two attached hydrogens (primary N) is 1. The van der Waals surface area contributed by atoms with Crippen molar-refractivity contribution in [3.8, 4) is 0 Å². The largest absolute Gasteiger partial charge is 0.345 e. The quantitative estimate of drug-likeness (QED) is 0.482. The first-order chi connectivity index (χ1) is 9.10. The number of hydrogen-bond acceptors (Lipinski definition) is 5. The smallest absolute Gasteiger partial charge is 0.251 e. The van der Waals surface area contributed by atoms with Crippen LogP contribution in [0.15, 0.2) is 24.5 Å². The Bertz CT molecular complexity index is 566. The van der Waals surface area contributed by atoms with E-state index in [0.717, 1.165) is 11.3 Å². The summed E-state index contributed by atoms with van der Waals surface area (Å²) >= 11 is 0. The lowest BCUT2D eigenvalue weighted by Crippen LogP contribution is -2.26. The highest BCUT2D eigenvalue weighted by molar-refractivity contribution is 5.95. The minimum atomic E-state index is -0.185. The molecule has 0 aliphatic heterocycles. The van der Waals surface area contributed by atoms with Crippen molar-refractivity contribution in [2.75, 3.05) is 5.43 Å². The Morgan fingerprint density at radius 3 is 2.89 bits per heavy atom. The average Bonchev–Trinajstić information content (AvgIpc) is 2.91. The summed E-state index contributed by atoms with van der Waals surface area (Å²) < 4.78 is 0. The third-order valence-electron chi connectivity index (χ3n) is 2.73. The van der Waals surface area contributed by atoms with Gasteiger partial charge in [0.15, 0.2) is 0 Å². The molecule has 19 heavy (non-hydrogen) atoms. The number of nitrogens with zero attached hydrogens (tertiary/aromatic N) is 2. The van der Waals surface area contributed by atoms with Gasteiger partial charge in [0.1, 0.15) is 5.82 Å². The molecule has 7 nitrogen and oxygen atoms in total. The number of hydrazine groups is 1. The summed E-state index contributed by atoms with van der Waals surface area (Å²) in [5, 5.41) is 9.45. The van der Waals surface area contributed by atoms with Crippen molar-refractivity contribution in [3.63, 3.8) is 0 Å². The van der Waals surface area contributed by atoms with Crippen molar-refractivity contribution in [1.82, 2.24) is 20.5 Å². The van der Waals surface area contributed by atoms with Gasteiger partial charge in [0.2, 0.25) is 0 Å². The van der Waals surface area contributed by atoms with Gasteiger partial charge in [-0.15, -0.1) is 0 Å². The maximum Gasteiger partial charge on any atom is 0.251 e. The summed E-state index contributed by atoms with van der Waals surface area (Å²) in [5.41, 5.74) is 4.58. The summed E-state index contributed by atoms with van der Waals surface area (Å²) in [6.45, 7) is 3.69. The maximum absolute atomic E-state index is 12.1. The number of nitrogen functional groups attached to an aromatic ring is 1. The first kappa shape index (κ1) is 13.0. The van der Waals surface area contributed by atoms with E-state index in [1.54, 1.807) is 31.5 Å². The van der Waals surface area contributed by atoms with Crippen LogP contribution in [0.1, 0.15) is 34.6 Å². The van der Waals surface area contributed by atoms with Gasteiger partial charge in [-0.25, -0.2) is 10.8 Å². The van der Waals surface area contributed by atoms with Crippen molar-refractivity contribution in [2.24, 2.45) is 5.84 Å². The second-order valence-corrected chi connectivity index (χ2v) is 4.25. The van der Waals surface area contributed by atoms with Gasteiger partial charge in [0.05, 0.1) is 12.2 Å². The van der Waals surface area contributed by atoms with E-state index in [4.69, 9.17) is 5.84 Å². The molecule has 0 spiro atoms. The van der Waals surface area contributed by atoms with Crippen molar-refractivity contribution in [2.45, 2.75) is 19.9 Å². The first-order valence-corrected chi connectivity index (χ1v) is 5.85. The number of rotatable bonds is 4. The van der Waals surface area contributed by atoms with E-state index in [-0.39, 0.29) is 11.9 Å². The molecule has 100 valence electrons. The molecule has 0 aliphatic carbocycles. The summed E-state index contributed by atoms with van der Waals surface area (Å²) in [6.07, 6.45) is 3.42. The number of aromatic amines is 1. The second kappa shape index (κ2) is 5.49. The zero-order valence-electron chi connectivity index (χ0n) is 10.8. The van der Waals surface area contributed by atoms with Gasteiger partial charge in [0.25, 0.3) is 5.91 Å². The number of H-pyrrole nitrogens is 1. The van der Waals surface area contributed by atoms with Crippen LogP contribution >= 0.6 is 0 Å². The average molecular weight is 260 g/mol. The molecular weight excluding hydrogens is 244 g/mol. The Balaban J connectivity index is 2.13. The van der Waals surface area contributed by atoms with E-state index in [1.807, 2.05) is 6.92 Å². The monoisotopic (exact) mass is 260 g/mol. The second-order valence-electron chi connectivity index (χ2n) is 4.25. The van der Waals surface area contributed by atoms with Gasteiger partial charge in [-0.1, -0.05) is 0 Å². The molecule has 0 radical (unpaired) electrons. The highest BCUT2D eigenvalue weighted by atomic mass is 16.1. The predicted molar refractivity (Wildman–Crippen MR) is 71.3 cm³/mol. The zero-order chi connectivity index (χ0) is 13.8. The topological polar surface area (TPSA) is 109 Å². The van der Waals surface area contributed by atoms with E-state index < -0.39 is 0 Å². The van der Waals surface area contributed by atoms with Crippen LogP contribution in [0.25, 0.3) is 0 Å². The fourth-order valence-electron chi connectivity index (χ4n) is 1.73. The van der Waals surface area contributed by atoms with E-state index in [2.05, 4.69) is 25.9 Å². The van der Waals surface area contributed by atoms with Crippen LogP contribution in [-0.4, -0.2) is 21.1 Å². The molecule has 2 rings (SSSR count). The van der Waals surface area contributed by atoms with Crippen molar-refractivity contribution < 1.29 is 4.79 Å². The molecule has 2 heterocycles. The van der Waals surface area contributed by atoms with Gasteiger partial charge in [-0.05, 0) is 26.0 Å². The number of hydrogen-bond donors (Lipinski definition) is 4. The van der Waals surface area contributed by atoms with Crippen molar-refractivity contribution in [1.29, 1.82) is 0 Å². The molecule has 2 aromatic heterocycles. The molecule has 0 fully saturated rings. The number of anilines is 1. The number of amides is 1. The Kier molecular flexibility index (Phi) is 3.76. The number of nitrogens with one attached hydrogen (secondary N) is 3. The van der Waals surface area contributed by atoms with E-state index in [0.29, 0.717) is 11.4 Å². The molecule has 0 aromatic carbocycles. The van der Waals surface area contributed by atoms with Crippen LogP contribution in [0.5, 0.6) is 0 Å². The van der Waals surface area contributed by atoms with Gasteiger partial charge in [-0.2, -0.15) is 5.10 Å². The number of aryl methyl sites for hydroxylation is 1. The molecule has 1 amide bonds. The zero-order valence-corrected chi connectivity index (χ0v) is 10.8. The van der Waals surface area contributed by atoms with Crippen LogP contribution in [0.4, 0.5) is 5.82 Å². The van der Waals surface area contributed by atoms with Crippen LogP contribution in [-0.2, 0) is 0 Å². The summed E-state index contributed by atoms with van der Waals surface area (Å²) in [7, 11) is 0. The van der Waals surface area contributed by atoms with Gasteiger partial charge >= 0.3 is 0 Å². The Morgan fingerprint density at radius 2 is 2.26 bits per heavy atom. The third-order valence-corrected chi connectivity index (χ3v) is 2.73. The molecule has 0 saturated heterocycles. The lowest BCUT2D eigenvalue weighted by molar-refractivity contribution is 0.0939. The van der Waals surface area contributed by atoms with Crippen molar-refractivity contribution >= 4 is 11.7 Å². The molecular formula is C12H16N6O. The van der Waals surface area contributed by atoms with Gasteiger partial charge in [-0.3, -0.25) is 9.89 Å². The number of carbonyl (C=O) groups is 1. The third kappa shape index (κ3) is 3.08. The standard InChI is InChI=1S/C12H16N6O/c1-7-3-9(4-11(16-7)18-13)12(19)17-8(2)10-5-14-15-6-10/h3-6,8H,13H2,1-2H3,(H,14,15)(H,16,18)(H,17,19). The van der Waals surface area contributed by atoms with E-state index >= 15 is 0 Å². The summed E-state index contributed by atoms with van der Waals surface area (Å²) in [5.74, 6) is 5.58. The number of aromatic nitrogens is 3. The lowest BCUT2D eigenvalue weighted by atomic mass is 10.1. The molecule has 1 atom stereocenters. The summed E-state index contributed by atoms with van der Waals surface area (Å²) in [4.78, 5) is 16.3. The number of pyridine rings is 1. The summed E-state index contributed by atoms with van der Waals surface area (Å²) in [6, 6.07) is 3.18. The molecule has 1 unspecified atom stereocenters. The van der Waals surface area contributed by atoms with Crippen LogP contribution < -0.4 is 16.6 Å². The molecule has 2 aromatic rings. The Morgan fingerprint density at radius 1 is 1.47 bits per heavy atom. The molecule has 7 heteroatoms. The SMILES string of the molecule is Cc1cc(C(=O)NC(C)c2cn[nH]c2)cc(NN)n1. The lowest BCUT2D eigenvalue weighted by Gasteiger charge is -2.13. The van der Waals surface area contributed by atoms with E-state index in [1.165, 1.54) is 0 Å². The Hall–Kier alpha value is -2.41. The van der Waals surface area contributed by atoms with Crippen LogP contribution in [0.3, 0.4) is 0 Å². The fraction of sp³-hybridized carbons (Fsp3) is 0.250. The van der Waals surface area contributed by atoms with Crippen LogP contribution in [0.2, 0.25) is 0 Å². The minimum Gasteiger partial charge on any atom is -0.345 e. The van der Waals surface area contributed by atoms with Gasteiger partial charge < -0.3 is 10.7 Å². The minimum absolute atomic E-state index is 0.131. The Labute approximate surface area is 110 Å². The van der Waals surface area contributed by atoms with E-state index in [9.17, 15) is 4.79 Å². The predicted octanol–water partition coefficient (Wildman–Crippen LogP) is 0.890. The molecule has 0 bridgehead atoms. The van der Waals surface area contributed by atoms with Crippen LogP contribution in [0, 0.1) is 6.92 Å².